The quantitative estimate of drug-likeness (QED) is 0.741. The number of carbonyl (C=O) groups excluding carboxylic acids is 1. The van der Waals surface area contributed by atoms with Crippen molar-refractivity contribution in [2.75, 3.05) is 6.54 Å². The van der Waals surface area contributed by atoms with Crippen molar-refractivity contribution in [1.82, 2.24) is 25.4 Å². The number of aromatic nitrogens is 3. The van der Waals surface area contributed by atoms with Gasteiger partial charge in [-0.25, -0.2) is 0 Å². The molecule has 0 aliphatic carbocycles. The molecule has 2 atom stereocenters. The van der Waals surface area contributed by atoms with Crippen molar-refractivity contribution in [3.8, 4) is 0 Å². The summed E-state index contributed by atoms with van der Waals surface area (Å²) < 4.78 is 1.81. The average molecular weight is 223 g/mol. The van der Waals surface area contributed by atoms with Crippen LogP contribution in [0.4, 0.5) is 0 Å². The molecule has 1 fully saturated rings. The van der Waals surface area contributed by atoms with Crippen LogP contribution in [-0.2, 0) is 11.8 Å². The van der Waals surface area contributed by atoms with Crippen molar-refractivity contribution >= 4 is 5.91 Å². The zero-order chi connectivity index (χ0) is 11.5. The van der Waals surface area contributed by atoms with Gasteiger partial charge in [0.15, 0.2) is 5.82 Å². The number of hydrogen-bond acceptors (Lipinski definition) is 4. The van der Waals surface area contributed by atoms with Crippen LogP contribution >= 0.6 is 0 Å². The minimum atomic E-state index is -0.109. The van der Waals surface area contributed by atoms with Gasteiger partial charge in [0, 0.05) is 7.05 Å². The molecule has 0 aromatic carbocycles. The second-order valence-electron chi connectivity index (χ2n) is 4.18. The third-order valence-electron chi connectivity index (χ3n) is 2.87. The van der Waals surface area contributed by atoms with Gasteiger partial charge in [0.05, 0.1) is 12.1 Å². The van der Waals surface area contributed by atoms with Crippen molar-refractivity contribution in [2.24, 2.45) is 7.05 Å². The van der Waals surface area contributed by atoms with E-state index in [-0.39, 0.29) is 18.0 Å². The number of rotatable bonds is 3. The Bertz CT molecular complexity index is 369. The maximum Gasteiger partial charge on any atom is 0.237 e. The van der Waals surface area contributed by atoms with E-state index in [1.54, 1.807) is 6.33 Å². The Balaban J connectivity index is 1.94. The SMILES string of the molecule is CC(NC(=O)[C@@H]1CCCN1)c1nncn1C. The highest BCUT2D eigenvalue weighted by Gasteiger charge is 2.24. The van der Waals surface area contributed by atoms with Crippen LogP contribution in [0.25, 0.3) is 0 Å². The van der Waals surface area contributed by atoms with E-state index >= 15 is 0 Å². The second kappa shape index (κ2) is 4.61. The molecule has 1 unspecified atom stereocenters. The van der Waals surface area contributed by atoms with Crippen LogP contribution < -0.4 is 10.6 Å². The molecule has 1 aromatic rings. The lowest BCUT2D eigenvalue weighted by molar-refractivity contribution is -0.123. The van der Waals surface area contributed by atoms with Crippen molar-refractivity contribution in [3.63, 3.8) is 0 Å². The molecule has 0 spiro atoms. The summed E-state index contributed by atoms with van der Waals surface area (Å²) in [4.78, 5) is 11.8. The zero-order valence-electron chi connectivity index (χ0n) is 9.60. The third kappa shape index (κ3) is 2.21. The minimum absolute atomic E-state index is 0.0457. The van der Waals surface area contributed by atoms with Crippen LogP contribution in [0.5, 0.6) is 0 Å². The van der Waals surface area contributed by atoms with E-state index < -0.39 is 0 Å². The van der Waals surface area contributed by atoms with Crippen LogP contribution in [0.2, 0.25) is 0 Å². The standard InChI is InChI=1S/C10H17N5O/c1-7(9-14-12-6-15(9)2)13-10(16)8-4-3-5-11-8/h6-8,11H,3-5H2,1-2H3,(H,13,16)/t7?,8-/m0/s1. The normalized spacial score (nSPS) is 22.0. The molecule has 6 nitrogen and oxygen atoms in total. The van der Waals surface area contributed by atoms with Crippen LogP contribution in [0.15, 0.2) is 6.33 Å². The summed E-state index contributed by atoms with van der Waals surface area (Å²) in [6.07, 6.45) is 3.61. The molecule has 0 radical (unpaired) electrons. The summed E-state index contributed by atoms with van der Waals surface area (Å²) in [5.74, 6) is 0.819. The Hall–Kier alpha value is -1.43. The summed E-state index contributed by atoms with van der Waals surface area (Å²) in [5.41, 5.74) is 0. The fourth-order valence-corrected chi connectivity index (χ4v) is 1.97. The van der Waals surface area contributed by atoms with Gasteiger partial charge >= 0.3 is 0 Å². The molecule has 88 valence electrons. The lowest BCUT2D eigenvalue weighted by Crippen LogP contribution is -2.41. The Kier molecular flexibility index (Phi) is 3.19. The largest absolute Gasteiger partial charge is 0.345 e. The molecule has 1 aliphatic heterocycles. The first kappa shape index (κ1) is 11.1. The highest BCUT2D eigenvalue weighted by molar-refractivity contribution is 5.82. The molecule has 0 bridgehead atoms. The summed E-state index contributed by atoms with van der Waals surface area (Å²) >= 11 is 0. The van der Waals surface area contributed by atoms with Crippen molar-refractivity contribution in [2.45, 2.75) is 31.8 Å². The molecule has 1 saturated heterocycles. The zero-order valence-corrected chi connectivity index (χ0v) is 9.60. The lowest BCUT2D eigenvalue weighted by atomic mass is 10.2. The molecule has 16 heavy (non-hydrogen) atoms. The van der Waals surface area contributed by atoms with E-state index in [2.05, 4.69) is 20.8 Å². The van der Waals surface area contributed by atoms with Gasteiger partial charge in [-0.15, -0.1) is 10.2 Å². The number of carbonyl (C=O) groups is 1. The average Bonchev–Trinajstić information content (AvgIpc) is 2.86. The van der Waals surface area contributed by atoms with E-state index in [1.807, 2.05) is 18.5 Å². The first-order valence-electron chi connectivity index (χ1n) is 5.56. The molecule has 2 rings (SSSR count). The van der Waals surface area contributed by atoms with E-state index in [0.29, 0.717) is 0 Å². The van der Waals surface area contributed by atoms with E-state index in [4.69, 9.17) is 0 Å². The van der Waals surface area contributed by atoms with Gasteiger partial charge < -0.3 is 15.2 Å². The first-order chi connectivity index (χ1) is 7.68. The Morgan fingerprint density at radius 3 is 3.12 bits per heavy atom. The van der Waals surface area contributed by atoms with E-state index in [9.17, 15) is 4.79 Å². The van der Waals surface area contributed by atoms with Gasteiger partial charge in [0.25, 0.3) is 0 Å². The Morgan fingerprint density at radius 2 is 2.56 bits per heavy atom. The monoisotopic (exact) mass is 223 g/mol. The number of amides is 1. The molecular weight excluding hydrogens is 206 g/mol. The van der Waals surface area contributed by atoms with Crippen LogP contribution in [0.1, 0.15) is 31.6 Å². The fourth-order valence-electron chi connectivity index (χ4n) is 1.97. The summed E-state index contributed by atoms with van der Waals surface area (Å²) in [6.45, 7) is 2.84. The Morgan fingerprint density at radius 1 is 1.75 bits per heavy atom. The maximum atomic E-state index is 11.8. The highest BCUT2D eigenvalue weighted by Crippen LogP contribution is 2.10. The van der Waals surface area contributed by atoms with Crippen LogP contribution in [-0.4, -0.2) is 33.3 Å². The molecule has 1 amide bonds. The summed E-state index contributed by atoms with van der Waals surface area (Å²) in [5, 5.41) is 13.9. The molecule has 0 saturated carbocycles. The summed E-state index contributed by atoms with van der Waals surface area (Å²) in [6, 6.07) is -0.155. The van der Waals surface area contributed by atoms with Gasteiger partial charge in [-0.1, -0.05) is 0 Å². The molecule has 2 heterocycles. The number of aryl methyl sites for hydroxylation is 1. The predicted molar refractivity (Wildman–Crippen MR) is 58.6 cm³/mol. The minimum Gasteiger partial charge on any atom is -0.345 e. The van der Waals surface area contributed by atoms with Gasteiger partial charge in [0.2, 0.25) is 5.91 Å². The van der Waals surface area contributed by atoms with Crippen molar-refractivity contribution in [1.29, 1.82) is 0 Å². The molecule has 1 aliphatic rings. The first-order valence-corrected chi connectivity index (χ1v) is 5.56. The number of hydrogen-bond donors (Lipinski definition) is 2. The predicted octanol–water partition coefficient (Wildman–Crippen LogP) is -0.256. The van der Waals surface area contributed by atoms with Crippen LogP contribution in [0.3, 0.4) is 0 Å². The highest BCUT2D eigenvalue weighted by atomic mass is 16.2. The third-order valence-corrected chi connectivity index (χ3v) is 2.87. The number of nitrogens with one attached hydrogen (secondary N) is 2. The number of nitrogens with zero attached hydrogens (tertiary/aromatic N) is 3. The molecule has 6 heteroatoms. The maximum absolute atomic E-state index is 11.8. The molecular formula is C10H17N5O. The smallest absolute Gasteiger partial charge is 0.237 e. The van der Waals surface area contributed by atoms with Crippen molar-refractivity contribution < 1.29 is 4.79 Å². The fraction of sp³-hybridized carbons (Fsp3) is 0.700. The second-order valence-corrected chi connectivity index (χ2v) is 4.18. The van der Waals surface area contributed by atoms with Gasteiger partial charge in [-0.2, -0.15) is 0 Å². The summed E-state index contributed by atoms with van der Waals surface area (Å²) in [7, 11) is 1.87. The molecule has 2 N–H and O–H groups in total. The van der Waals surface area contributed by atoms with E-state index in [1.165, 1.54) is 0 Å². The Labute approximate surface area is 94.4 Å². The van der Waals surface area contributed by atoms with E-state index in [0.717, 1.165) is 25.2 Å². The van der Waals surface area contributed by atoms with Gasteiger partial charge in [0.1, 0.15) is 6.33 Å². The van der Waals surface area contributed by atoms with Crippen LogP contribution in [0, 0.1) is 0 Å². The lowest BCUT2D eigenvalue weighted by Gasteiger charge is -2.16. The topological polar surface area (TPSA) is 71.8 Å². The van der Waals surface area contributed by atoms with Crippen molar-refractivity contribution in [3.05, 3.63) is 12.2 Å². The van der Waals surface area contributed by atoms with Gasteiger partial charge in [-0.05, 0) is 26.3 Å². The van der Waals surface area contributed by atoms with Gasteiger partial charge in [-0.3, -0.25) is 4.79 Å². The molecule has 1 aromatic heterocycles.